The highest BCUT2D eigenvalue weighted by atomic mass is 16.5. The van der Waals surface area contributed by atoms with Gasteiger partial charge < -0.3 is 10.1 Å². The van der Waals surface area contributed by atoms with Crippen LogP contribution in [0.15, 0.2) is 54.7 Å². The quantitative estimate of drug-likeness (QED) is 0.756. The molecule has 0 saturated carbocycles. The van der Waals surface area contributed by atoms with Crippen molar-refractivity contribution in [3.63, 3.8) is 0 Å². The molecule has 24 heavy (non-hydrogen) atoms. The number of carbonyl (C=O) groups is 1. The zero-order valence-corrected chi connectivity index (χ0v) is 13.5. The maximum atomic E-state index is 12.3. The van der Waals surface area contributed by atoms with Gasteiger partial charge in [0.2, 0.25) is 0 Å². The van der Waals surface area contributed by atoms with Crippen LogP contribution >= 0.6 is 0 Å². The Balaban J connectivity index is 1.66. The zero-order chi connectivity index (χ0) is 16.8. The summed E-state index contributed by atoms with van der Waals surface area (Å²) in [6, 6.07) is 14.9. The van der Waals surface area contributed by atoms with Gasteiger partial charge in [-0.15, -0.1) is 0 Å². The van der Waals surface area contributed by atoms with Crippen molar-refractivity contribution in [2.24, 2.45) is 0 Å². The Labute approximate surface area is 140 Å². The molecule has 0 saturated heterocycles. The van der Waals surface area contributed by atoms with E-state index in [-0.39, 0.29) is 5.91 Å². The third-order valence-electron chi connectivity index (χ3n) is 3.51. The van der Waals surface area contributed by atoms with Gasteiger partial charge in [0.05, 0.1) is 17.6 Å². The lowest BCUT2D eigenvalue weighted by atomic mass is 10.2. The maximum absolute atomic E-state index is 12.3. The summed E-state index contributed by atoms with van der Waals surface area (Å²) in [6.07, 6.45) is 2.67. The van der Waals surface area contributed by atoms with Gasteiger partial charge in [-0.2, -0.15) is 0 Å². The maximum Gasteiger partial charge on any atom is 0.270 e. The van der Waals surface area contributed by atoms with Crippen LogP contribution in [0.4, 0.5) is 0 Å². The van der Waals surface area contributed by atoms with Crippen molar-refractivity contribution in [2.75, 3.05) is 6.61 Å². The molecule has 0 aliphatic carbocycles. The smallest absolute Gasteiger partial charge is 0.270 e. The van der Waals surface area contributed by atoms with Gasteiger partial charge in [0.15, 0.2) is 0 Å². The number of aromatic nitrogens is 2. The summed E-state index contributed by atoms with van der Waals surface area (Å²) in [7, 11) is 0. The number of fused-ring (bicyclic) bond motifs is 1. The molecule has 0 atom stereocenters. The molecule has 0 fully saturated rings. The summed E-state index contributed by atoms with van der Waals surface area (Å²) in [5.41, 5.74) is 2.85. The molecule has 1 amide bonds. The second-order valence-electron chi connectivity index (χ2n) is 5.42. The number of carbonyl (C=O) groups excluding carboxylic acids is 1. The molecular weight excluding hydrogens is 302 g/mol. The molecular formula is C19H19N3O2. The molecule has 5 nitrogen and oxygen atoms in total. The van der Waals surface area contributed by atoms with Gasteiger partial charge in [-0.3, -0.25) is 9.78 Å². The second-order valence-corrected chi connectivity index (χ2v) is 5.42. The molecule has 0 bridgehead atoms. The van der Waals surface area contributed by atoms with Crippen molar-refractivity contribution in [3.8, 4) is 5.75 Å². The first-order valence-corrected chi connectivity index (χ1v) is 7.98. The summed E-state index contributed by atoms with van der Waals surface area (Å²) in [5.74, 6) is 0.610. The third-order valence-corrected chi connectivity index (χ3v) is 3.51. The Bertz CT molecular complexity index is 849. The van der Waals surface area contributed by atoms with Crippen LogP contribution in [-0.4, -0.2) is 22.5 Å². The van der Waals surface area contributed by atoms with Gasteiger partial charge >= 0.3 is 0 Å². The first-order valence-electron chi connectivity index (χ1n) is 7.98. The molecule has 0 aliphatic heterocycles. The normalized spacial score (nSPS) is 10.5. The Morgan fingerprint density at radius 3 is 2.92 bits per heavy atom. The fourth-order valence-electron chi connectivity index (χ4n) is 2.32. The predicted octanol–water partition coefficient (Wildman–Crippen LogP) is 3.35. The summed E-state index contributed by atoms with van der Waals surface area (Å²) < 4.78 is 5.60. The highest BCUT2D eigenvalue weighted by molar-refractivity contribution is 5.94. The molecule has 3 aromatic rings. The average Bonchev–Trinajstić information content (AvgIpc) is 2.64. The number of nitrogens with zero attached hydrogens (tertiary/aromatic N) is 2. The van der Waals surface area contributed by atoms with Crippen LogP contribution in [0.5, 0.6) is 5.75 Å². The summed E-state index contributed by atoms with van der Waals surface area (Å²) in [5, 5.41) is 2.89. The number of ether oxygens (including phenoxy) is 1. The fraction of sp³-hybridized carbons (Fsp3) is 0.211. The predicted molar refractivity (Wildman–Crippen MR) is 92.9 cm³/mol. The summed E-state index contributed by atoms with van der Waals surface area (Å²) in [6.45, 7) is 3.18. The van der Waals surface area contributed by atoms with E-state index in [2.05, 4.69) is 22.2 Å². The van der Waals surface area contributed by atoms with Gasteiger partial charge in [-0.05, 0) is 48.4 Å². The highest BCUT2D eigenvalue weighted by Gasteiger charge is 2.08. The van der Waals surface area contributed by atoms with E-state index in [1.807, 2.05) is 30.3 Å². The molecule has 0 spiro atoms. The van der Waals surface area contributed by atoms with E-state index in [9.17, 15) is 4.79 Å². The number of nitrogens with one attached hydrogen (secondary N) is 1. The van der Waals surface area contributed by atoms with Crippen molar-refractivity contribution in [1.29, 1.82) is 0 Å². The van der Waals surface area contributed by atoms with Gasteiger partial charge in [-0.1, -0.05) is 19.1 Å². The van der Waals surface area contributed by atoms with E-state index < -0.39 is 0 Å². The van der Waals surface area contributed by atoms with Crippen LogP contribution in [0.2, 0.25) is 0 Å². The first-order chi connectivity index (χ1) is 11.8. The number of amides is 1. The Morgan fingerprint density at radius 2 is 2.04 bits per heavy atom. The first kappa shape index (κ1) is 15.9. The monoisotopic (exact) mass is 321 g/mol. The van der Waals surface area contributed by atoms with Crippen molar-refractivity contribution in [2.45, 2.75) is 19.9 Å². The average molecular weight is 321 g/mol. The van der Waals surface area contributed by atoms with E-state index in [0.717, 1.165) is 23.3 Å². The molecule has 5 heteroatoms. The third kappa shape index (κ3) is 3.87. The van der Waals surface area contributed by atoms with E-state index in [0.29, 0.717) is 24.4 Å². The van der Waals surface area contributed by atoms with E-state index >= 15 is 0 Å². The SMILES string of the molecule is CCCOc1cccc(CNC(=O)c2ccc3ncccc3n2)c1. The second kappa shape index (κ2) is 7.55. The molecule has 2 aromatic heterocycles. The summed E-state index contributed by atoms with van der Waals surface area (Å²) in [4.78, 5) is 20.8. The number of rotatable bonds is 6. The van der Waals surface area contributed by atoms with Crippen LogP contribution in [0, 0.1) is 0 Å². The highest BCUT2D eigenvalue weighted by Crippen LogP contribution is 2.14. The van der Waals surface area contributed by atoms with E-state index in [1.165, 1.54) is 0 Å². The summed E-state index contributed by atoms with van der Waals surface area (Å²) >= 11 is 0. The van der Waals surface area contributed by atoms with Crippen LogP contribution in [0.3, 0.4) is 0 Å². The van der Waals surface area contributed by atoms with E-state index in [1.54, 1.807) is 24.4 Å². The Morgan fingerprint density at radius 1 is 1.12 bits per heavy atom. The fourth-order valence-corrected chi connectivity index (χ4v) is 2.32. The minimum absolute atomic E-state index is 0.208. The van der Waals surface area contributed by atoms with Crippen LogP contribution in [0.1, 0.15) is 29.4 Å². The van der Waals surface area contributed by atoms with E-state index in [4.69, 9.17) is 4.74 Å². The van der Waals surface area contributed by atoms with Crippen LogP contribution in [0.25, 0.3) is 11.0 Å². The molecule has 0 aliphatic rings. The topological polar surface area (TPSA) is 64.1 Å². The van der Waals surface area contributed by atoms with Crippen molar-refractivity contribution < 1.29 is 9.53 Å². The van der Waals surface area contributed by atoms with Gasteiger partial charge in [0, 0.05) is 12.7 Å². The minimum atomic E-state index is -0.208. The van der Waals surface area contributed by atoms with Crippen LogP contribution in [-0.2, 0) is 6.54 Å². The Hall–Kier alpha value is -2.95. The molecule has 0 unspecified atom stereocenters. The minimum Gasteiger partial charge on any atom is -0.494 e. The molecule has 2 heterocycles. The molecule has 3 rings (SSSR count). The standard InChI is InChI=1S/C19H19N3O2/c1-2-11-24-15-6-3-5-14(12-15)13-21-19(23)18-9-8-16-17(22-18)7-4-10-20-16/h3-10,12H,2,11,13H2,1H3,(H,21,23). The number of hydrogen-bond acceptors (Lipinski definition) is 4. The lowest BCUT2D eigenvalue weighted by Crippen LogP contribution is -2.23. The molecule has 1 aromatic carbocycles. The van der Waals surface area contributed by atoms with Gasteiger partial charge in [0.1, 0.15) is 11.4 Å². The number of pyridine rings is 2. The zero-order valence-electron chi connectivity index (χ0n) is 13.5. The Kier molecular flexibility index (Phi) is 5.01. The number of hydrogen-bond donors (Lipinski definition) is 1. The molecule has 122 valence electrons. The van der Waals surface area contributed by atoms with Crippen molar-refractivity contribution >= 4 is 16.9 Å². The van der Waals surface area contributed by atoms with Crippen molar-refractivity contribution in [3.05, 3.63) is 66.0 Å². The lowest BCUT2D eigenvalue weighted by Gasteiger charge is -2.08. The van der Waals surface area contributed by atoms with Crippen LogP contribution < -0.4 is 10.1 Å². The number of benzene rings is 1. The van der Waals surface area contributed by atoms with Gasteiger partial charge in [0.25, 0.3) is 5.91 Å². The van der Waals surface area contributed by atoms with Crippen molar-refractivity contribution in [1.82, 2.24) is 15.3 Å². The molecule has 0 radical (unpaired) electrons. The lowest BCUT2D eigenvalue weighted by molar-refractivity contribution is 0.0946. The van der Waals surface area contributed by atoms with Gasteiger partial charge in [-0.25, -0.2) is 4.98 Å². The molecule has 1 N–H and O–H groups in total. The largest absolute Gasteiger partial charge is 0.494 e.